The first-order chi connectivity index (χ1) is 10.6. The molecule has 0 saturated heterocycles. The molecule has 2 heterocycles. The highest BCUT2D eigenvalue weighted by atomic mass is 32.2. The summed E-state index contributed by atoms with van der Waals surface area (Å²) in [5.41, 5.74) is 6.23. The number of fused-ring (bicyclic) bond motifs is 1. The van der Waals surface area contributed by atoms with Gasteiger partial charge in [-0.05, 0) is 19.1 Å². The van der Waals surface area contributed by atoms with Crippen molar-refractivity contribution in [1.29, 1.82) is 0 Å². The van der Waals surface area contributed by atoms with Gasteiger partial charge in [-0.2, -0.15) is 4.98 Å². The molecule has 0 fully saturated rings. The van der Waals surface area contributed by atoms with E-state index in [9.17, 15) is 4.79 Å². The molecule has 22 heavy (non-hydrogen) atoms. The number of nitrogens with two attached hydrogens (primary N) is 1. The van der Waals surface area contributed by atoms with Crippen LogP contribution in [0.15, 0.2) is 39.9 Å². The third kappa shape index (κ3) is 3.22. The minimum absolute atomic E-state index is 0.124. The van der Waals surface area contributed by atoms with E-state index in [1.807, 2.05) is 37.3 Å². The first kappa shape index (κ1) is 14.5. The molecule has 3 rings (SSSR count). The first-order valence-corrected chi connectivity index (χ1v) is 7.69. The van der Waals surface area contributed by atoms with Gasteiger partial charge in [0.2, 0.25) is 17.0 Å². The summed E-state index contributed by atoms with van der Waals surface area (Å²) in [6, 6.07) is 9.46. The molecule has 3 aromatic rings. The lowest BCUT2D eigenvalue weighted by atomic mass is 10.2. The van der Waals surface area contributed by atoms with Crippen molar-refractivity contribution in [2.45, 2.75) is 18.1 Å². The Balaban J connectivity index is 1.58. The summed E-state index contributed by atoms with van der Waals surface area (Å²) in [5, 5.41) is 10.7. The molecule has 114 valence electrons. The van der Waals surface area contributed by atoms with E-state index in [1.54, 1.807) is 0 Å². The molecular weight excluding hydrogens is 302 g/mol. The van der Waals surface area contributed by atoms with Crippen molar-refractivity contribution in [3.8, 4) is 0 Å². The lowest BCUT2D eigenvalue weighted by Gasteiger charge is -2.10. The molecule has 0 aliphatic heterocycles. The molecule has 0 saturated carbocycles. The number of carbonyl (C=O) groups excluding carboxylic acids is 1. The monoisotopic (exact) mass is 317 g/mol. The van der Waals surface area contributed by atoms with Crippen molar-refractivity contribution in [3.63, 3.8) is 0 Å². The minimum Gasteiger partial charge on any atom is -0.459 e. The van der Waals surface area contributed by atoms with E-state index in [4.69, 9.17) is 10.2 Å². The Hall–Kier alpha value is -2.48. The van der Waals surface area contributed by atoms with Crippen LogP contribution in [0.5, 0.6) is 0 Å². The van der Waals surface area contributed by atoms with Gasteiger partial charge in [0.25, 0.3) is 0 Å². The number of nitrogen functional groups attached to an aromatic ring is 1. The normalized spacial score (nSPS) is 12.4. The number of hydrogen-bond donors (Lipinski definition) is 3. The van der Waals surface area contributed by atoms with Crippen LogP contribution in [-0.4, -0.2) is 26.8 Å². The molecule has 0 radical (unpaired) electrons. The van der Waals surface area contributed by atoms with Crippen LogP contribution < -0.4 is 11.1 Å². The predicted molar refractivity (Wildman–Crippen MR) is 84.3 cm³/mol. The molecule has 0 unspecified atom stereocenters. The summed E-state index contributed by atoms with van der Waals surface area (Å²) in [5.74, 6) is 1.04. The molecule has 1 aromatic carbocycles. The Bertz CT molecular complexity index is 764. The maximum Gasteiger partial charge on any atom is 0.231 e. The number of amides is 1. The Morgan fingerprint density at radius 1 is 1.50 bits per heavy atom. The van der Waals surface area contributed by atoms with Crippen LogP contribution in [0.2, 0.25) is 0 Å². The summed E-state index contributed by atoms with van der Waals surface area (Å²) >= 11 is 1.22. The highest BCUT2D eigenvalue weighted by molar-refractivity contribution is 7.99. The quantitative estimate of drug-likeness (QED) is 0.622. The van der Waals surface area contributed by atoms with Gasteiger partial charge in [0.1, 0.15) is 11.3 Å². The fourth-order valence-corrected chi connectivity index (χ4v) is 2.64. The Morgan fingerprint density at radius 2 is 2.32 bits per heavy atom. The van der Waals surface area contributed by atoms with E-state index in [2.05, 4.69) is 20.5 Å². The van der Waals surface area contributed by atoms with Crippen LogP contribution in [-0.2, 0) is 4.79 Å². The van der Waals surface area contributed by atoms with Crippen LogP contribution in [0.3, 0.4) is 0 Å². The molecule has 0 aliphatic carbocycles. The van der Waals surface area contributed by atoms with Gasteiger partial charge in [0, 0.05) is 5.39 Å². The van der Waals surface area contributed by atoms with Crippen molar-refractivity contribution in [3.05, 3.63) is 36.1 Å². The van der Waals surface area contributed by atoms with Gasteiger partial charge in [0.05, 0.1) is 11.8 Å². The van der Waals surface area contributed by atoms with Crippen LogP contribution in [0, 0.1) is 0 Å². The molecule has 0 bridgehead atoms. The number of anilines is 1. The maximum atomic E-state index is 12.0. The molecule has 4 N–H and O–H groups in total. The number of aromatic nitrogens is 3. The molecule has 1 amide bonds. The fourth-order valence-electron chi connectivity index (χ4n) is 2.02. The number of nitrogens with one attached hydrogen (secondary N) is 2. The van der Waals surface area contributed by atoms with Crippen molar-refractivity contribution in [1.82, 2.24) is 20.5 Å². The minimum atomic E-state index is -0.210. The van der Waals surface area contributed by atoms with Crippen molar-refractivity contribution >= 4 is 34.6 Å². The highest BCUT2D eigenvalue weighted by Gasteiger charge is 2.15. The third-order valence-electron chi connectivity index (χ3n) is 3.06. The molecule has 7 nitrogen and oxygen atoms in total. The van der Waals surface area contributed by atoms with E-state index in [0.29, 0.717) is 5.16 Å². The summed E-state index contributed by atoms with van der Waals surface area (Å²) in [6.07, 6.45) is 0. The zero-order chi connectivity index (χ0) is 15.5. The van der Waals surface area contributed by atoms with Crippen molar-refractivity contribution < 1.29 is 9.21 Å². The zero-order valence-corrected chi connectivity index (χ0v) is 12.7. The van der Waals surface area contributed by atoms with Gasteiger partial charge >= 0.3 is 0 Å². The summed E-state index contributed by atoms with van der Waals surface area (Å²) in [4.78, 5) is 15.9. The van der Waals surface area contributed by atoms with E-state index in [0.717, 1.165) is 16.7 Å². The predicted octanol–water partition coefficient (Wildman–Crippen LogP) is 2.10. The van der Waals surface area contributed by atoms with E-state index >= 15 is 0 Å². The number of rotatable bonds is 5. The van der Waals surface area contributed by atoms with E-state index < -0.39 is 0 Å². The smallest absolute Gasteiger partial charge is 0.231 e. The zero-order valence-electron chi connectivity index (χ0n) is 11.9. The molecule has 2 aromatic heterocycles. The average Bonchev–Trinajstić information content (AvgIpc) is 3.11. The standard InChI is InChI=1S/C14H15N5O2S/c1-8(11-6-9-4-2-3-5-10(9)21-11)16-12(20)7-22-14-17-13(15)18-19-14/h2-6,8H,7H2,1H3,(H,16,20)(H3,15,17,18,19)/t8-/m1/s1. The number of furan rings is 1. The highest BCUT2D eigenvalue weighted by Crippen LogP contribution is 2.23. The SMILES string of the molecule is C[C@@H](NC(=O)CSc1n[nH]c(N)n1)c1cc2ccccc2o1. The second-order valence-corrected chi connectivity index (χ2v) is 5.71. The number of H-pyrrole nitrogens is 1. The number of benzene rings is 1. The number of aromatic amines is 1. The van der Waals surface area contributed by atoms with Gasteiger partial charge in [-0.15, -0.1) is 5.10 Å². The third-order valence-corrected chi connectivity index (χ3v) is 3.91. The molecule has 1 atom stereocenters. The topological polar surface area (TPSA) is 110 Å². The summed E-state index contributed by atoms with van der Waals surface area (Å²) in [6.45, 7) is 1.88. The summed E-state index contributed by atoms with van der Waals surface area (Å²) in [7, 11) is 0. The Morgan fingerprint density at radius 3 is 3.05 bits per heavy atom. The van der Waals surface area contributed by atoms with E-state index in [1.165, 1.54) is 11.8 Å². The number of carbonyl (C=O) groups is 1. The molecule has 8 heteroatoms. The second kappa shape index (κ2) is 6.10. The lowest BCUT2D eigenvalue weighted by molar-refractivity contribution is -0.119. The molecular formula is C14H15N5O2S. The molecule has 0 aliphatic rings. The van der Waals surface area contributed by atoms with Crippen LogP contribution >= 0.6 is 11.8 Å². The van der Waals surface area contributed by atoms with Crippen molar-refractivity contribution in [2.24, 2.45) is 0 Å². The van der Waals surface area contributed by atoms with Crippen LogP contribution in [0.4, 0.5) is 5.95 Å². The average molecular weight is 317 g/mol. The van der Waals surface area contributed by atoms with Crippen molar-refractivity contribution in [2.75, 3.05) is 11.5 Å². The van der Waals surface area contributed by atoms with Crippen LogP contribution in [0.1, 0.15) is 18.7 Å². The Labute approximate surface area is 130 Å². The largest absolute Gasteiger partial charge is 0.459 e. The van der Waals surface area contributed by atoms with E-state index in [-0.39, 0.29) is 23.7 Å². The lowest BCUT2D eigenvalue weighted by Crippen LogP contribution is -2.27. The van der Waals surface area contributed by atoms with Gasteiger partial charge in [-0.3, -0.25) is 4.79 Å². The van der Waals surface area contributed by atoms with Gasteiger partial charge in [-0.25, -0.2) is 5.10 Å². The van der Waals surface area contributed by atoms with Gasteiger partial charge in [0.15, 0.2) is 0 Å². The second-order valence-electron chi connectivity index (χ2n) is 4.77. The van der Waals surface area contributed by atoms with Gasteiger partial charge < -0.3 is 15.5 Å². The maximum absolute atomic E-state index is 12.0. The fraction of sp³-hybridized carbons (Fsp3) is 0.214. The van der Waals surface area contributed by atoms with Gasteiger partial charge in [-0.1, -0.05) is 30.0 Å². The summed E-state index contributed by atoms with van der Waals surface area (Å²) < 4.78 is 5.73. The molecule has 0 spiro atoms. The van der Waals surface area contributed by atoms with Crippen LogP contribution in [0.25, 0.3) is 11.0 Å². The number of thioether (sulfide) groups is 1. The number of hydrogen-bond acceptors (Lipinski definition) is 6. The Kier molecular flexibility index (Phi) is 4.01. The number of nitrogens with zero attached hydrogens (tertiary/aromatic N) is 2. The first-order valence-electron chi connectivity index (χ1n) is 6.70. The number of para-hydroxylation sites is 1.